The number of anilines is 1. The molecule has 1 amide bonds. The van der Waals surface area contributed by atoms with Crippen LogP contribution in [-0.4, -0.2) is 67.4 Å². The summed E-state index contributed by atoms with van der Waals surface area (Å²) in [5.74, 6) is 1.13. The number of hydrogen-bond donors (Lipinski definition) is 1. The van der Waals surface area contributed by atoms with Crippen LogP contribution in [-0.2, 0) is 4.79 Å². The molecular weight excluding hydrogens is 346 g/mol. The Morgan fingerprint density at radius 2 is 1.70 bits per heavy atom. The van der Waals surface area contributed by atoms with Crippen molar-refractivity contribution in [2.45, 2.75) is 6.92 Å². The first-order valence-corrected chi connectivity index (χ1v) is 9.18. The van der Waals surface area contributed by atoms with Gasteiger partial charge in [0, 0.05) is 31.9 Å². The van der Waals surface area contributed by atoms with Crippen LogP contribution < -0.4 is 10.1 Å². The number of hydrogen-bond acceptors (Lipinski definition) is 6. The quantitative estimate of drug-likeness (QED) is 0.717. The zero-order valence-corrected chi connectivity index (χ0v) is 15.5. The van der Waals surface area contributed by atoms with Crippen LogP contribution in [0, 0.1) is 0 Å². The number of nitrogens with one attached hydrogen (secondary N) is 1. The van der Waals surface area contributed by atoms with Gasteiger partial charge in [0.05, 0.1) is 26.0 Å². The summed E-state index contributed by atoms with van der Waals surface area (Å²) in [4.78, 5) is 28.5. The lowest BCUT2D eigenvalue weighted by Gasteiger charge is -2.33. The monoisotopic (exact) mass is 371 g/mol. The highest BCUT2D eigenvalue weighted by Gasteiger charge is 2.21. The van der Waals surface area contributed by atoms with E-state index in [9.17, 15) is 9.59 Å². The van der Waals surface area contributed by atoms with Gasteiger partial charge in [-0.15, -0.1) is 0 Å². The number of Topliss-reactive ketones (excluding diaryl/α,β-unsaturated/α-hetero) is 1. The molecule has 1 saturated heterocycles. The number of nitrogens with zero attached hydrogens (tertiary/aromatic N) is 2. The first-order valence-electron chi connectivity index (χ1n) is 9.18. The molecule has 1 aliphatic heterocycles. The molecular formula is C20H25N3O4. The number of piperazine rings is 1. The van der Waals surface area contributed by atoms with E-state index >= 15 is 0 Å². The number of carbonyl (C=O) groups is 2. The number of amides is 1. The van der Waals surface area contributed by atoms with E-state index in [4.69, 9.17) is 9.15 Å². The summed E-state index contributed by atoms with van der Waals surface area (Å²) in [5, 5.41) is 2.90. The maximum absolute atomic E-state index is 12.2. The summed E-state index contributed by atoms with van der Waals surface area (Å²) in [6, 6.07) is 10.8. The minimum absolute atomic E-state index is 0.0123. The van der Waals surface area contributed by atoms with Crippen LogP contribution >= 0.6 is 0 Å². The lowest BCUT2D eigenvalue weighted by atomic mass is 10.2. The summed E-state index contributed by atoms with van der Waals surface area (Å²) in [6.45, 7) is 6.25. The molecule has 2 heterocycles. The van der Waals surface area contributed by atoms with Gasteiger partial charge in [0.2, 0.25) is 11.7 Å². The minimum atomic E-state index is -0.0423. The number of furan rings is 1. The van der Waals surface area contributed by atoms with Crippen LogP contribution in [0.5, 0.6) is 5.75 Å². The maximum atomic E-state index is 12.2. The fraction of sp³-hybridized carbons (Fsp3) is 0.400. The summed E-state index contributed by atoms with van der Waals surface area (Å²) in [5.41, 5.74) is 0.756. The Bertz CT molecular complexity index is 735. The summed E-state index contributed by atoms with van der Waals surface area (Å²) >= 11 is 0. The highest BCUT2D eigenvalue weighted by atomic mass is 16.5. The standard InChI is InChI=1S/C20H25N3O4/c1-2-26-17-7-5-16(6-8-17)21-20(25)15-23-11-9-22(10-12-23)14-18(24)19-4-3-13-27-19/h3-8,13H,2,9-12,14-15H2,1H3,(H,21,25). The Labute approximate surface area is 158 Å². The van der Waals surface area contributed by atoms with Crippen LogP contribution in [0.15, 0.2) is 47.1 Å². The van der Waals surface area contributed by atoms with E-state index in [-0.39, 0.29) is 11.7 Å². The lowest BCUT2D eigenvalue weighted by Crippen LogP contribution is -2.49. The number of ether oxygens (including phenoxy) is 1. The molecule has 0 saturated carbocycles. The normalized spacial score (nSPS) is 15.4. The smallest absolute Gasteiger partial charge is 0.238 e. The Hall–Kier alpha value is -2.64. The van der Waals surface area contributed by atoms with Gasteiger partial charge < -0.3 is 14.5 Å². The topological polar surface area (TPSA) is 75.0 Å². The zero-order chi connectivity index (χ0) is 19.1. The molecule has 7 heteroatoms. The second kappa shape index (κ2) is 9.34. The van der Waals surface area contributed by atoms with Crippen molar-refractivity contribution in [1.29, 1.82) is 0 Å². The SMILES string of the molecule is CCOc1ccc(NC(=O)CN2CCN(CC(=O)c3ccco3)CC2)cc1. The minimum Gasteiger partial charge on any atom is -0.494 e. The van der Waals surface area contributed by atoms with Crippen molar-refractivity contribution < 1.29 is 18.7 Å². The van der Waals surface area contributed by atoms with Crippen molar-refractivity contribution >= 4 is 17.4 Å². The average molecular weight is 371 g/mol. The first kappa shape index (κ1) is 19.1. The number of benzene rings is 1. The first-order chi connectivity index (χ1) is 13.1. The summed E-state index contributed by atoms with van der Waals surface area (Å²) in [7, 11) is 0. The van der Waals surface area contributed by atoms with Crippen molar-refractivity contribution in [3.8, 4) is 5.75 Å². The van der Waals surface area contributed by atoms with Crippen molar-refractivity contribution in [3.63, 3.8) is 0 Å². The molecule has 1 fully saturated rings. The van der Waals surface area contributed by atoms with E-state index in [1.165, 1.54) is 6.26 Å². The van der Waals surface area contributed by atoms with Gasteiger partial charge in [-0.3, -0.25) is 19.4 Å². The van der Waals surface area contributed by atoms with Gasteiger partial charge in [-0.2, -0.15) is 0 Å². The zero-order valence-electron chi connectivity index (χ0n) is 15.5. The molecule has 1 aromatic heterocycles. The molecule has 0 aliphatic carbocycles. The average Bonchev–Trinajstić information content (AvgIpc) is 3.20. The molecule has 0 unspecified atom stereocenters. The molecule has 27 heavy (non-hydrogen) atoms. The Morgan fingerprint density at radius 1 is 1.04 bits per heavy atom. The van der Waals surface area contributed by atoms with Crippen LogP contribution in [0.1, 0.15) is 17.5 Å². The predicted molar refractivity (Wildman–Crippen MR) is 102 cm³/mol. The van der Waals surface area contributed by atoms with E-state index in [0.717, 1.165) is 37.6 Å². The number of carbonyl (C=O) groups excluding carboxylic acids is 2. The maximum Gasteiger partial charge on any atom is 0.238 e. The molecule has 0 bridgehead atoms. The third-order valence-electron chi connectivity index (χ3n) is 4.44. The third kappa shape index (κ3) is 5.67. The van der Waals surface area contributed by atoms with Gasteiger partial charge in [-0.05, 0) is 43.3 Å². The fourth-order valence-corrected chi connectivity index (χ4v) is 3.03. The van der Waals surface area contributed by atoms with Gasteiger partial charge in [0.1, 0.15) is 5.75 Å². The fourth-order valence-electron chi connectivity index (χ4n) is 3.03. The molecule has 1 aromatic carbocycles. The van der Waals surface area contributed by atoms with E-state index in [2.05, 4.69) is 15.1 Å². The van der Waals surface area contributed by atoms with Gasteiger partial charge in [0.15, 0.2) is 5.76 Å². The number of rotatable bonds is 8. The van der Waals surface area contributed by atoms with Crippen molar-refractivity contribution in [2.75, 3.05) is 51.2 Å². The molecule has 0 radical (unpaired) electrons. The van der Waals surface area contributed by atoms with Crippen LogP contribution in [0.3, 0.4) is 0 Å². The lowest BCUT2D eigenvalue weighted by molar-refractivity contribution is -0.117. The highest BCUT2D eigenvalue weighted by Crippen LogP contribution is 2.15. The number of ketones is 1. The predicted octanol–water partition coefficient (Wildman–Crippen LogP) is 2.12. The van der Waals surface area contributed by atoms with E-state index in [0.29, 0.717) is 25.5 Å². The second-order valence-electron chi connectivity index (χ2n) is 6.46. The third-order valence-corrected chi connectivity index (χ3v) is 4.44. The van der Waals surface area contributed by atoms with Crippen molar-refractivity contribution in [1.82, 2.24) is 9.80 Å². The van der Waals surface area contributed by atoms with Crippen LogP contribution in [0.25, 0.3) is 0 Å². The molecule has 0 atom stereocenters. The largest absolute Gasteiger partial charge is 0.494 e. The van der Waals surface area contributed by atoms with Crippen LogP contribution in [0.4, 0.5) is 5.69 Å². The molecule has 144 valence electrons. The molecule has 2 aromatic rings. The van der Waals surface area contributed by atoms with Gasteiger partial charge >= 0.3 is 0 Å². The van der Waals surface area contributed by atoms with Gasteiger partial charge in [-0.25, -0.2) is 0 Å². The Balaban J connectivity index is 1.39. The van der Waals surface area contributed by atoms with Gasteiger partial charge in [0.25, 0.3) is 0 Å². The highest BCUT2D eigenvalue weighted by molar-refractivity contribution is 5.95. The second-order valence-corrected chi connectivity index (χ2v) is 6.46. The van der Waals surface area contributed by atoms with E-state index in [1.54, 1.807) is 12.1 Å². The van der Waals surface area contributed by atoms with Crippen molar-refractivity contribution in [2.24, 2.45) is 0 Å². The molecule has 7 nitrogen and oxygen atoms in total. The summed E-state index contributed by atoms with van der Waals surface area (Å²) in [6.07, 6.45) is 1.51. The summed E-state index contributed by atoms with van der Waals surface area (Å²) < 4.78 is 10.5. The molecule has 0 spiro atoms. The van der Waals surface area contributed by atoms with Crippen LogP contribution in [0.2, 0.25) is 0 Å². The van der Waals surface area contributed by atoms with E-state index < -0.39 is 0 Å². The Morgan fingerprint density at radius 3 is 2.30 bits per heavy atom. The molecule has 1 N–H and O–H groups in total. The molecule has 1 aliphatic rings. The van der Waals surface area contributed by atoms with Gasteiger partial charge in [-0.1, -0.05) is 0 Å². The van der Waals surface area contributed by atoms with E-state index in [1.807, 2.05) is 31.2 Å². The molecule has 3 rings (SSSR count). The van der Waals surface area contributed by atoms with Crippen molar-refractivity contribution in [3.05, 3.63) is 48.4 Å². The Kier molecular flexibility index (Phi) is 6.62.